The first kappa shape index (κ1) is 19.5. The number of aliphatic hydroxyl groups excluding tert-OH is 1. The Hall–Kier alpha value is -3.78. The average molecular weight is 407 g/mol. The number of nitrogens with one attached hydrogen (secondary N) is 3. The number of aromatic nitrogens is 1. The van der Waals surface area contributed by atoms with Crippen LogP contribution in [0.25, 0.3) is 17.0 Å². The van der Waals surface area contributed by atoms with E-state index in [0.29, 0.717) is 11.5 Å². The summed E-state index contributed by atoms with van der Waals surface area (Å²) in [5, 5.41) is 15.7. The molecule has 0 aliphatic carbocycles. The highest BCUT2D eigenvalue weighted by Gasteiger charge is 2.19. The SMILES string of the molecule is O=C(C=Cc1c[nH]c2ccccc12)N[C@@H](CO)C(=O)NCc1ccc2c(c1)OCO2. The van der Waals surface area contributed by atoms with Crippen LogP contribution in [-0.2, 0) is 16.1 Å². The second-order valence-corrected chi connectivity index (χ2v) is 6.77. The minimum absolute atomic E-state index is 0.176. The predicted octanol–water partition coefficient (Wildman–Crippen LogP) is 1.70. The number of aliphatic hydroxyl groups is 1. The predicted molar refractivity (Wildman–Crippen MR) is 111 cm³/mol. The van der Waals surface area contributed by atoms with Gasteiger partial charge in [0.15, 0.2) is 11.5 Å². The van der Waals surface area contributed by atoms with E-state index >= 15 is 0 Å². The van der Waals surface area contributed by atoms with E-state index in [0.717, 1.165) is 22.0 Å². The van der Waals surface area contributed by atoms with E-state index in [9.17, 15) is 14.7 Å². The summed E-state index contributed by atoms with van der Waals surface area (Å²) < 4.78 is 10.6. The number of rotatable bonds is 7. The summed E-state index contributed by atoms with van der Waals surface area (Å²) in [5.74, 6) is 0.324. The molecule has 0 fully saturated rings. The molecule has 4 N–H and O–H groups in total. The molecule has 1 aromatic heterocycles. The first-order valence-corrected chi connectivity index (χ1v) is 9.46. The minimum Gasteiger partial charge on any atom is -0.454 e. The highest BCUT2D eigenvalue weighted by molar-refractivity contribution is 5.98. The summed E-state index contributed by atoms with van der Waals surface area (Å²) >= 11 is 0. The van der Waals surface area contributed by atoms with Crippen LogP contribution >= 0.6 is 0 Å². The van der Waals surface area contributed by atoms with E-state index in [1.807, 2.05) is 30.3 Å². The monoisotopic (exact) mass is 407 g/mol. The molecule has 0 radical (unpaired) electrons. The van der Waals surface area contributed by atoms with Gasteiger partial charge in [0.05, 0.1) is 6.61 Å². The Bertz CT molecular complexity index is 1110. The summed E-state index contributed by atoms with van der Waals surface area (Å²) in [6, 6.07) is 12.0. The Morgan fingerprint density at radius 1 is 1.17 bits per heavy atom. The van der Waals surface area contributed by atoms with Crippen LogP contribution in [0.5, 0.6) is 11.5 Å². The van der Waals surface area contributed by atoms with Crippen molar-refractivity contribution in [3.63, 3.8) is 0 Å². The molecule has 0 bridgehead atoms. The van der Waals surface area contributed by atoms with Gasteiger partial charge in [-0.05, 0) is 35.4 Å². The van der Waals surface area contributed by atoms with Crippen LogP contribution in [-0.4, -0.2) is 41.3 Å². The first-order chi connectivity index (χ1) is 14.6. The Kier molecular flexibility index (Phi) is 5.67. The summed E-state index contributed by atoms with van der Waals surface area (Å²) in [6.45, 7) is -0.109. The molecule has 2 heterocycles. The molecule has 8 nitrogen and oxygen atoms in total. The molecule has 1 atom stereocenters. The van der Waals surface area contributed by atoms with Gasteiger partial charge in [-0.3, -0.25) is 9.59 Å². The van der Waals surface area contributed by atoms with Gasteiger partial charge in [0.2, 0.25) is 18.6 Å². The van der Waals surface area contributed by atoms with E-state index in [2.05, 4.69) is 15.6 Å². The molecule has 0 spiro atoms. The molecule has 1 aliphatic heterocycles. The zero-order chi connectivity index (χ0) is 20.9. The molecule has 2 amide bonds. The zero-order valence-corrected chi connectivity index (χ0v) is 16.1. The molecule has 0 saturated heterocycles. The highest BCUT2D eigenvalue weighted by atomic mass is 16.7. The largest absolute Gasteiger partial charge is 0.454 e. The highest BCUT2D eigenvalue weighted by Crippen LogP contribution is 2.32. The van der Waals surface area contributed by atoms with E-state index < -0.39 is 24.5 Å². The van der Waals surface area contributed by atoms with E-state index in [4.69, 9.17) is 9.47 Å². The van der Waals surface area contributed by atoms with Crippen LogP contribution in [0.1, 0.15) is 11.1 Å². The van der Waals surface area contributed by atoms with Crippen molar-refractivity contribution in [2.45, 2.75) is 12.6 Å². The van der Waals surface area contributed by atoms with Crippen LogP contribution in [0.15, 0.2) is 54.7 Å². The lowest BCUT2D eigenvalue weighted by atomic mass is 10.1. The number of H-pyrrole nitrogens is 1. The normalized spacial score (nSPS) is 13.5. The van der Waals surface area contributed by atoms with E-state index in [-0.39, 0.29) is 13.3 Å². The number of para-hydroxylation sites is 1. The van der Waals surface area contributed by atoms with Crippen LogP contribution in [0.2, 0.25) is 0 Å². The Labute approximate surface area is 172 Å². The fourth-order valence-corrected chi connectivity index (χ4v) is 3.17. The van der Waals surface area contributed by atoms with Gasteiger partial charge in [0.25, 0.3) is 0 Å². The lowest BCUT2D eigenvalue weighted by Gasteiger charge is -2.15. The second-order valence-electron chi connectivity index (χ2n) is 6.77. The molecule has 4 rings (SSSR count). The number of amides is 2. The van der Waals surface area contributed by atoms with Crippen LogP contribution in [0.4, 0.5) is 0 Å². The molecular weight excluding hydrogens is 386 g/mol. The van der Waals surface area contributed by atoms with Crippen LogP contribution < -0.4 is 20.1 Å². The molecule has 154 valence electrons. The third-order valence-electron chi connectivity index (χ3n) is 4.75. The molecular formula is C22H21N3O5. The summed E-state index contributed by atoms with van der Waals surface area (Å²) in [5.41, 5.74) is 2.64. The van der Waals surface area contributed by atoms with Crippen molar-refractivity contribution < 1.29 is 24.2 Å². The first-order valence-electron chi connectivity index (χ1n) is 9.46. The molecule has 0 unspecified atom stereocenters. The van der Waals surface area contributed by atoms with Crippen molar-refractivity contribution >= 4 is 28.8 Å². The van der Waals surface area contributed by atoms with Crippen molar-refractivity contribution in [2.75, 3.05) is 13.4 Å². The van der Waals surface area contributed by atoms with Gasteiger partial charge >= 0.3 is 0 Å². The number of ether oxygens (including phenoxy) is 2. The molecule has 0 saturated carbocycles. The van der Waals surface area contributed by atoms with E-state index in [1.165, 1.54) is 6.08 Å². The van der Waals surface area contributed by atoms with Crippen LogP contribution in [0.3, 0.4) is 0 Å². The Balaban J connectivity index is 1.32. The zero-order valence-electron chi connectivity index (χ0n) is 16.1. The third-order valence-corrected chi connectivity index (χ3v) is 4.75. The second kappa shape index (κ2) is 8.71. The van der Waals surface area contributed by atoms with Crippen molar-refractivity contribution in [2.24, 2.45) is 0 Å². The number of carbonyl (C=O) groups is 2. The lowest BCUT2D eigenvalue weighted by Crippen LogP contribution is -2.48. The fraction of sp³-hybridized carbons (Fsp3) is 0.182. The number of hydrogen-bond donors (Lipinski definition) is 4. The molecule has 30 heavy (non-hydrogen) atoms. The van der Waals surface area contributed by atoms with Gasteiger partial charge in [-0.1, -0.05) is 24.3 Å². The van der Waals surface area contributed by atoms with Gasteiger partial charge < -0.3 is 30.2 Å². The third kappa shape index (κ3) is 4.28. The Morgan fingerprint density at radius 2 is 2.00 bits per heavy atom. The van der Waals surface area contributed by atoms with Gasteiger partial charge in [-0.2, -0.15) is 0 Å². The maximum absolute atomic E-state index is 12.4. The van der Waals surface area contributed by atoms with Crippen molar-refractivity contribution in [1.82, 2.24) is 15.6 Å². The Morgan fingerprint density at radius 3 is 2.87 bits per heavy atom. The minimum atomic E-state index is -1.06. The van der Waals surface area contributed by atoms with Gasteiger partial charge in [0.1, 0.15) is 6.04 Å². The summed E-state index contributed by atoms with van der Waals surface area (Å²) in [6.07, 6.45) is 4.80. The number of carbonyl (C=O) groups excluding carboxylic acids is 2. The van der Waals surface area contributed by atoms with Gasteiger partial charge in [-0.25, -0.2) is 0 Å². The van der Waals surface area contributed by atoms with Gasteiger partial charge in [-0.15, -0.1) is 0 Å². The van der Waals surface area contributed by atoms with Crippen molar-refractivity contribution in [3.05, 3.63) is 65.9 Å². The van der Waals surface area contributed by atoms with E-state index in [1.54, 1.807) is 24.4 Å². The lowest BCUT2D eigenvalue weighted by molar-refractivity contribution is -0.128. The molecule has 8 heteroatoms. The quantitative estimate of drug-likeness (QED) is 0.446. The summed E-state index contributed by atoms with van der Waals surface area (Å²) in [7, 11) is 0. The maximum Gasteiger partial charge on any atom is 0.245 e. The number of fused-ring (bicyclic) bond motifs is 2. The summed E-state index contributed by atoms with van der Waals surface area (Å²) in [4.78, 5) is 27.7. The molecule has 1 aliphatic rings. The topological polar surface area (TPSA) is 113 Å². The number of benzene rings is 2. The maximum atomic E-state index is 12.4. The number of aromatic amines is 1. The standard InChI is InChI=1S/C22H21N3O5/c26-12-18(22(28)24-10-14-5-7-19-20(9-14)30-13-29-19)25-21(27)8-6-15-11-23-17-4-2-1-3-16(15)17/h1-9,11,18,23,26H,10,12-13H2,(H,24,28)(H,25,27)/t18-/m0/s1. The molecule has 3 aromatic rings. The smallest absolute Gasteiger partial charge is 0.245 e. The number of hydrogen-bond acceptors (Lipinski definition) is 5. The van der Waals surface area contributed by atoms with Gasteiger partial charge in [0, 0.05) is 29.7 Å². The van der Waals surface area contributed by atoms with Crippen molar-refractivity contribution in [3.8, 4) is 11.5 Å². The molecule has 2 aromatic carbocycles. The fourth-order valence-electron chi connectivity index (χ4n) is 3.17. The van der Waals surface area contributed by atoms with Crippen LogP contribution in [0, 0.1) is 0 Å². The van der Waals surface area contributed by atoms with Crippen molar-refractivity contribution in [1.29, 1.82) is 0 Å². The average Bonchev–Trinajstić information content (AvgIpc) is 3.40.